The van der Waals surface area contributed by atoms with Crippen LogP contribution in [0, 0.1) is 5.41 Å². The molecule has 12 heteroatoms. The van der Waals surface area contributed by atoms with Crippen molar-refractivity contribution in [2.45, 2.75) is 38.1 Å². The minimum atomic E-state index is -3.52. The van der Waals surface area contributed by atoms with Gasteiger partial charge in [0.05, 0.1) is 0 Å². The van der Waals surface area contributed by atoms with Crippen LogP contribution in [-0.4, -0.2) is 69.7 Å². The average molecular weight is 537 g/mol. The number of aromatic nitrogens is 3. The smallest absolute Gasteiger partial charge is 0.281 e. The second-order valence-electron chi connectivity index (χ2n) is 9.65. The van der Waals surface area contributed by atoms with E-state index in [1.807, 2.05) is 18.2 Å². The van der Waals surface area contributed by atoms with Crippen LogP contribution in [0.15, 0.2) is 54.6 Å². The molecule has 3 aromatic rings. The molecular formula is C26H32N8O3S. The molecular weight excluding hydrogens is 504 g/mol. The van der Waals surface area contributed by atoms with Crippen molar-refractivity contribution >= 4 is 27.9 Å². The van der Waals surface area contributed by atoms with Crippen molar-refractivity contribution in [2.24, 2.45) is 5.73 Å². The predicted molar refractivity (Wildman–Crippen MR) is 144 cm³/mol. The van der Waals surface area contributed by atoms with Gasteiger partial charge in [-0.2, -0.15) is 26.7 Å². The van der Waals surface area contributed by atoms with Gasteiger partial charge in [0.1, 0.15) is 5.84 Å². The Balaban J connectivity index is 1.39. The van der Waals surface area contributed by atoms with Gasteiger partial charge in [0.2, 0.25) is 5.95 Å². The number of carbonyl (C=O) groups excluding carboxylic acids is 1. The van der Waals surface area contributed by atoms with Gasteiger partial charge in [0, 0.05) is 49.8 Å². The minimum Gasteiger partial charge on any atom is -0.384 e. The number of piperidine rings is 1. The van der Waals surface area contributed by atoms with Crippen LogP contribution < -0.4 is 11.1 Å². The van der Waals surface area contributed by atoms with Gasteiger partial charge in [0.15, 0.2) is 5.82 Å². The van der Waals surface area contributed by atoms with Gasteiger partial charge in [0.25, 0.3) is 16.1 Å². The third kappa shape index (κ3) is 5.47. The molecule has 200 valence electrons. The van der Waals surface area contributed by atoms with Crippen molar-refractivity contribution in [3.63, 3.8) is 0 Å². The minimum absolute atomic E-state index is 0.00405. The largest absolute Gasteiger partial charge is 0.384 e. The number of nitrogens with two attached hydrogens (primary N) is 1. The number of nitrogens with zero attached hydrogens (tertiary/aromatic N) is 5. The number of nitrogens with one attached hydrogen (secondary N) is 2. The molecule has 2 aromatic carbocycles. The summed E-state index contributed by atoms with van der Waals surface area (Å²) in [6.07, 6.45) is 3.21. The molecule has 0 saturated carbocycles. The summed E-state index contributed by atoms with van der Waals surface area (Å²) in [5.41, 5.74) is 7.56. The molecule has 3 heterocycles. The van der Waals surface area contributed by atoms with E-state index in [9.17, 15) is 13.2 Å². The summed E-state index contributed by atoms with van der Waals surface area (Å²) in [4.78, 5) is 18.0. The van der Waals surface area contributed by atoms with Crippen LogP contribution in [-0.2, 0) is 16.8 Å². The molecule has 0 spiro atoms. The van der Waals surface area contributed by atoms with Gasteiger partial charge < -0.3 is 11.1 Å². The monoisotopic (exact) mass is 536 g/mol. The SMILES string of the molecule is N=C(N)c1ccc(CNc2nc(C3CCCN(S(=O)(=O)N4CCCC4)C3)nn2C(=O)c2ccccc2)cc1. The molecule has 2 saturated heterocycles. The number of carbonyl (C=O) groups is 1. The lowest BCUT2D eigenvalue weighted by Gasteiger charge is -2.33. The predicted octanol–water partition coefficient (Wildman–Crippen LogP) is 2.38. The summed E-state index contributed by atoms with van der Waals surface area (Å²) >= 11 is 0. The highest BCUT2D eigenvalue weighted by Gasteiger charge is 2.37. The summed E-state index contributed by atoms with van der Waals surface area (Å²) < 4.78 is 30.7. The van der Waals surface area contributed by atoms with Crippen LogP contribution in [0.2, 0.25) is 0 Å². The highest BCUT2D eigenvalue weighted by atomic mass is 32.2. The first-order chi connectivity index (χ1) is 18.3. The maximum atomic E-state index is 13.4. The van der Waals surface area contributed by atoms with Gasteiger partial charge in [-0.05, 0) is 43.4 Å². The standard InChI is InChI=1S/C26H32N8O3S/c27-23(28)20-12-10-19(11-13-20)17-29-26-30-24(31-34(26)25(35)21-7-2-1-3-8-21)22-9-6-16-33(18-22)38(36,37)32-14-4-5-15-32/h1-3,7-8,10-13,22H,4-6,9,14-18H2,(H3,27,28)(H,29,30,31). The Kier molecular flexibility index (Phi) is 7.54. The molecule has 1 unspecified atom stereocenters. The Morgan fingerprint density at radius 2 is 1.66 bits per heavy atom. The van der Waals surface area contributed by atoms with Crippen molar-refractivity contribution < 1.29 is 13.2 Å². The number of amidine groups is 1. The topological polar surface area (TPSA) is 150 Å². The molecule has 4 N–H and O–H groups in total. The third-order valence-corrected chi connectivity index (χ3v) is 9.02. The second kappa shape index (κ2) is 11.0. The molecule has 2 aliphatic rings. The Labute approximate surface area is 222 Å². The van der Waals surface area contributed by atoms with Crippen molar-refractivity contribution in [3.8, 4) is 0 Å². The molecule has 2 aliphatic heterocycles. The number of anilines is 1. The molecule has 5 rings (SSSR count). The Morgan fingerprint density at radius 3 is 2.34 bits per heavy atom. The fourth-order valence-corrected chi connectivity index (χ4v) is 6.66. The average Bonchev–Trinajstić information content (AvgIpc) is 3.64. The molecule has 0 aliphatic carbocycles. The van der Waals surface area contributed by atoms with E-state index in [1.165, 1.54) is 8.99 Å². The lowest BCUT2D eigenvalue weighted by molar-refractivity contribution is 0.0946. The first-order valence-electron chi connectivity index (χ1n) is 12.8. The van der Waals surface area contributed by atoms with E-state index < -0.39 is 10.2 Å². The summed E-state index contributed by atoms with van der Waals surface area (Å²) in [7, 11) is -3.52. The van der Waals surface area contributed by atoms with Gasteiger partial charge in [-0.3, -0.25) is 10.2 Å². The number of nitrogen functional groups attached to an aromatic ring is 1. The van der Waals surface area contributed by atoms with Crippen LogP contribution in [0.1, 0.15) is 58.9 Å². The van der Waals surface area contributed by atoms with E-state index in [2.05, 4.69) is 15.4 Å². The lowest BCUT2D eigenvalue weighted by Crippen LogP contribution is -2.46. The fourth-order valence-electron chi connectivity index (χ4n) is 4.89. The van der Waals surface area contributed by atoms with Crippen molar-refractivity contribution in [1.82, 2.24) is 23.4 Å². The lowest BCUT2D eigenvalue weighted by atomic mass is 9.99. The molecule has 0 bridgehead atoms. The molecule has 1 aromatic heterocycles. The summed E-state index contributed by atoms with van der Waals surface area (Å²) in [5, 5.41) is 15.4. The number of rotatable bonds is 8. The third-order valence-electron chi connectivity index (χ3n) is 7.02. The molecule has 38 heavy (non-hydrogen) atoms. The zero-order valence-electron chi connectivity index (χ0n) is 21.1. The Bertz CT molecular complexity index is 1400. The zero-order valence-corrected chi connectivity index (χ0v) is 21.9. The maximum Gasteiger partial charge on any atom is 0.281 e. The van der Waals surface area contributed by atoms with Crippen molar-refractivity contribution in [3.05, 3.63) is 77.1 Å². The molecule has 0 amide bonds. The second-order valence-corrected chi connectivity index (χ2v) is 11.6. The van der Waals surface area contributed by atoms with Gasteiger partial charge >= 0.3 is 0 Å². The quantitative estimate of drug-likeness (QED) is 0.295. The van der Waals surface area contributed by atoms with Crippen molar-refractivity contribution in [2.75, 3.05) is 31.5 Å². The molecule has 11 nitrogen and oxygen atoms in total. The van der Waals surface area contributed by atoms with E-state index in [-0.39, 0.29) is 24.2 Å². The summed E-state index contributed by atoms with van der Waals surface area (Å²) in [6, 6.07) is 16.1. The highest BCUT2D eigenvalue weighted by molar-refractivity contribution is 7.86. The first kappa shape index (κ1) is 26.0. The molecule has 1 atom stereocenters. The van der Waals surface area contributed by atoms with E-state index in [4.69, 9.17) is 11.1 Å². The number of hydrogen-bond acceptors (Lipinski definition) is 7. The van der Waals surface area contributed by atoms with Crippen LogP contribution in [0.4, 0.5) is 5.95 Å². The van der Waals surface area contributed by atoms with Gasteiger partial charge in [-0.15, -0.1) is 5.10 Å². The van der Waals surface area contributed by atoms with Crippen LogP contribution in [0.25, 0.3) is 0 Å². The van der Waals surface area contributed by atoms with Crippen LogP contribution in [0.3, 0.4) is 0 Å². The van der Waals surface area contributed by atoms with E-state index >= 15 is 0 Å². The summed E-state index contributed by atoms with van der Waals surface area (Å²) in [5.74, 6) is 0.196. The van der Waals surface area contributed by atoms with E-state index in [0.717, 1.165) is 24.8 Å². The van der Waals surface area contributed by atoms with E-state index in [1.54, 1.807) is 40.7 Å². The first-order valence-corrected chi connectivity index (χ1v) is 14.2. The molecule has 2 fully saturated rings. The van der Waals surface area contributed by atoms with Crippen molar-refractivity contribution in [1.29, 1.82) is 5.41 Å². The number of benzene rings is 2. The van der Waals surface area contributed by atoms with Crippen LogP contribution in [0.5, 0.6) is 0 Å². The van der Waals surface area contributed by atoms with Gasteiger partial charge in [-0.25, -0.2) is 0 Å². The number of hydrogen-bond donors (Lipinski definition) is 3. The Hall–Kier alpha value is -3.61. The zero-order chi connectivity index (χ0) is 26.7. The van der Waals surface area contributed by atoms with Gasteiger partial charge in [-0.1, -0.05) is 42.5 Å². The Morgan fingerprint density at radius 1 is 0.974 bits per heavy atom. The fraction of sp³-hybridized carbons (Fsp3) is 0.385. The van der Waals surface area contributed by atoms with E-state index in [0.29, 0.717) is 55.5 Å². The maximum absolute atomic E-state index is 13.4. The van der Waals surface area contributed by atoms with Crippen LogP contribution >= 0.6 is 0 Å². The molecule has 0 radical (unpaired) electrons. The highest BCUT2D eigenvalue weighted by Crippen LogP contribution is 2.29. The summed E-state index contributed by atoms with van der Waals surface area (Å²) in [6.45, 7) is 2.25. The normalized spacial score (nSPS) is 18.9.